The van der Waals surface area contributed by atoms with E-state index in [9.17, 15) is 4.79 Å². The van der Waals surface area contributed by atoms with Crippen molar-refractivity contribution in [2.75, 3.05) is 39.3 Å². The largest absolute Gasteiger partial charge is 0.336 e. The van der Waals surface area contributed by atoms with Crippen LogP contribution in [0.1, 0.15) is 25.7 Å². The molecular formula is C12H24N4O. The molecule has 98 valence electrons. The van der Waals surface area contributed by atoms with Crippen LogP contribution in [0.4, 0.5) is 4.79 Å². The van der Waals surface area contributed by atoms with Gasteiger partial charge in [0.05, 0.1) is 0 Å². The van der Waals surface area contributed by atoms with Gasteiger partial charge in [-0.15, -0.1) is 0 Å². The second kappa shape index (κ2) is 6.21. The van der Waals surface area contributed by atoms with Crippen LogP contribution in [0, 0.1) is 0 Å². The number of hydrogen-bond donors (Lipinski definition) is 2. The Hall–Kier alpha value is -0.810. The van der Waals surface area contributed by atoms with Crippen molar-refractivity contribution in [3.63, 3.8) is 0 Å². The van der Waals surface area contributed by atoms with Gasteiger partial charge in [0.25, 0.3) is 0 Å². The summed E-state index contributed by atoms with van der Waals surface area (Å²) in [5.41, 5.74) is 5.56. The Labute approximate surface area is 103 Å². The van der Waals surface area contributed by atoms with Crippen molar-refractivity contribution in [1.82, 2.24) is 15.1 Å². The summed E-state index contributed by atoms with van der Waals surface area (Å²) >= 11 is 0. The van der Waals surface area contributed by atoms with Gasteiger partial charge in [-0.05, 0) is 38.8 Å². The maximum Gasteiger partial charge on any atom is 0.317 e. The molecular weight excluding hydrogens is 216 g/mol. The molecule has 0 bridgehead atoms. The van der Waals surface area contributed by atoms with E-state index in [1.165, 1.54) is 25.8 Å². The first-order valence-corrected chi connectivity index (χ1v) is 6.78. The van der Waals surface area contributed by atoms with E-state index in [-0.39, 0.29) is 6.03 Å². The number of urea groups is 1. The summed E-state index contributed by atoms with van der Waals surface area (Å²) in [6, 6.07) is 0.798. The highest BCUT2D eigenvalue weighted by Gasteiger charge is 2.25. The first-order valence-electron chi connectivity index (χ1n) is 6.78. The molecule has 5 nitrogen and oxygen atoms in total. The average molecular weight is 240 g/mol. The van der Waals surface area contributed by atoms with E-state index in [1.807, 2.05) is 4.90 Å². The zero-order valence-electron chi connectivity index (χ0n) is 10.5. The standard InChI is InChI=1S/C12H24N4O/c13-5-1-3-11-4-2-7-15(11)9-10-16-8-6-14-12(16)17/h11H,1-10,13H2,(H,14,17). The second-order valence-electron chi connectivity index (χ2n) is 4.98. The molecule has 0 aromatic rings. The fourth-order valence-corrected chi connectivity index (χ4v) is 2.84. The van der Waals surface area contributed by atoms with E-state index >= 15 is 0 Å². The minimum absolute atomic E-state index is 0.0997. The Kier molecular flexibility index (Phi) is 4.62. The molecule has 2 heterocycles. The SMILES string of the molecule is NCCCC1CCCN1CCN1CCNC1=O. The number of carbonyl (C=O) groups is 1. The van der Waals surface area contributed by atoms with E-state index in [1.54, 1.807) is 0 Å². The Bertz CT molecular complexity index is 259. The Morgan fingerprint density at radius 2 is 2.24 bits per heavy atom. The summed E-state index contributed by atoms with van der Waals surface area (Å²) in [6.07, 6.45) is 4.92. The molecule has 0 aliphatic carbocycles. The molecule has 2 aliphatic rings. The molecule has 0 spiro atoms. The minimum atomic E-state index is 0.0997. The van der Waals surface area contributed by atoms with E-state index in [2.05, 4.69) is 10.2 Å². The van der Waals surface area contributed by atoms with Crippen LogP contribution in [0.15, 0.2) is 0 Å². The molecule has 17 heavy (non-hydrogen) atoms. The Balaban J connectivity index is 1.71. The van der Waals surface area contributed by atoms with Crippen molar-refractivity contribution in [1.29, 1.82) is 0 Å². The van der Waals surface area contributed by atoms with Crippen LogP contribution >= 0.6 is 0 Å². The number of amides is 2. The third-order valence-corrected chi connectivity index (χ3v) is 3.84. The molecule has 2 saturated heterocycles. The average Bonchev–Trinajstić information content (AvgIpc) is 2.93. The van der Waals surface area contributed by atoms with Crippen LogP contribution in [0.3, 0.4) is 0 Å². The van der Waals surface area contributed by atoms with Crippen LogP contribution in [0.5, 0.6) is 0 Å². The van der Waals surface area contributed by atoms with Gasteiger partial charge in [-0.25, -0.2) is 4.79 Å². The zero-order chi connectivity index (χ0) is 12.1. The van der Waals surface area contributed by atoms with Gasteiger partial charge in [-0.2, -0.15) is 0 Å². The summed E-state index contributed by atoms with van der Waals surface area (Å²) < 4.78 is 0. The van der Waals surface area contributed by atoms with Crippen LogP contribution in [0.2, 0.25) is 0 Å². The molecule has 0 radical (unpaired) electrons. The number of nitrogens with zero attached hydrogens (tertiary/aromatic N) is 2. The van der Waals surface area contributed by atoms with Crippen molar-refractivity contribution < 1.29 is 4.79 Å². The highest BCUT2D eigenvalue weighted by molar-refractivity contribution is 5.76. The molecule has 2 rings (SSSR count). The van der Waals surface area contributed by atoms with Gasteiger partial charge >= 0.3 is 6.03 Å². The van der Waals surface area contributed by atoms with Gasteiger partial charge in [0.1, 0.15) is 0 Å². The van der Waals surface area contributed by atoms with E-state index < -0.39 is 0 Å². The van der Waals surface area contributed by atoms with Crippen LogP contribution in [-0.2, 0) is 0 Å². The minimum Gasteiger partial charge on any atom is -0.336 e. The summed E-state index contributed by atoms with van der Waals surface area (Å²) in [5.74, 6) is 0. The van der Waals surface area contributed by atoms with Gasteiger partial charge in [0.2, 0.25) is 0 Å². The molecule has 0 aromatic heterocycles. The molecule has 0 aromatic carbocycles. The summed E-state index contributed by atoms with van der Waals surface area (Å²) in [6.45, 7) is 5.52. The number of likely N-dealkylation sites (tertiary alicyclic amines) is 1. The monoisotopic (exact) mass is 240 g/mol. The molecule has 2 aliphatic heterocycles. The third kappa shape index (κ3) is 3.33. The van der Waals surface area contributed by atoms with Gasteiger partial charge < -0.3 is 16.0 Å². The first kappa shape index (κ1) is 12.6. The quantitative estimate of drug-likeness (QED) is 0.698. The highest BCUT2D eigenvalue weighted by atomic mass is 16.2. The van der Waals surface area contributed by atoms with Crippen molar-refractivity contribution in [2.45, 2.75) is 31.7 Å². The number of hydrogen-bond acceptors (Lipinski definition) is 3. The topological polar surface area (TPSA) is 61.6 Å². The Morgan fingerprint density at radius 1 is 1.35 bits per heavy atom. The smallest absolute Gasteiger partial charge is 0.317 e. The van der Waals surface area contributed by atoms with Gasteiger partial charge in [-0.3, -0.25) is 4.90 Å². The third-order valence-electron chi connectivity index (χ3n) is 3.84. The molecule has 3 N–H and O–H groups in total. The predicted molar refractivity (Wildman–Crippen MR) is 67.9 cm³/mol. The lowest BCUT2D eigenvalue weighted by molar-refractivity contribution is 0.192. The van der Waals surface area contributed by atoms with Crippen molar-refractivity contribution in [3.8, 4) is 0 Å². The zero-order valence-corrected chi connectivity index (χ0v) is 10.5. The van der Waals surface area contributed by atoms with Crippen molar-refractivity contribution in [3.05, 3.63) is 0 Å². The maximum atomic E-state index is 11.4. The summed E-state index contributed by atoms with van der Waals surface area (Å²) in [4.78, 5) is 15.9. The van der Waals surface area contributed by atoms with E-state index in [0.29, 0.717) is 6.04 Å². The van der Waals surface area contributed by atoms with E-state index in [4.69, 9.17) is 5.73 Å². The second-order valence-corrected chi connectivity index (χ2v) is 4.98. The van der Waals surface area contributed by atoms with E-state index in [0.717, 1.165) is 39.1 Å². The molecule has 1 atom stereocenters. The maximum absolute atomic E-state index is 11.4. The molecule has 0 saturated carbocycles. The summed E-state index contributed by atoms with van der Waals surface area (Å²) in [7, 11) is 0. The summed E-state index contributed by atoms with van der Waals surface area (Å²) in [5, 5.41) is 2.84. The number of carbonyl (C=O) groups excluding carboxylic acids is 1. The Morgan fingerprint density at radius 3 is 2.94 bits per heavy atom. The number of rotatable bonds is 6. The lowest BCUT2D eigenvalue weighted by atomic mass is 10.1. The van der Waals surface area contributed by atoms with Gasteiger partial charge in [0.15, 0.2) is 0 Å². The molecule has 5 heteroatoms. The molecule has 2 amide bonds. The van der Waals surface area contributed by atoms with Crippen molar-refractivity contribution in [2.24, 2.45) is 5.73 Å². The lowest BCUT2D eigenvalue weighted by Gasteiger charge is -2.26. The van der Waals surface area contributed by atoms with Crippen LogP contribution < -0.4 is 11.1 Å². The fourth-order valence-electron chi connectivity index (χ4n) is 2.84. The van der Waals surface area contributed by atoms with Crippen molar-refractivity contribution >= 4 is 6.03 Å². The number of nitrogens with one attached hydrogen (secondary N) is 1. The lowest BCUT2D eigenvalue weighted by Crippen LogP contribution is -2.39. The molecule has 2 fully saturated rings. The highest BCUT2D eigenvalue weighted by Crippen LogP contribution is 2.20. The van der Waals surface area contributed by atoms with Gasteiger partial charge in [-0.1, -0.05) is 0 Å². The van der Waals surface area contributed by atoms with Gasteiger partial charge in [0, 0.05) is 32.2 Å². The first-order chi connectivity index (χ1) is 8.31. The van der Waals surface area contributed by atoms with Crippen LogP contribution in [0.25, 0.3) is 0 Å². The number of nitrogens with two attached hydrogens (primary N) is 1. The van der Waals surface area contributed by atoms with Crippen LogP contribution in [-0.4, -0.2) is 61.1 Å². The molecule has 1 unspecified atom stereocenters. The fraction of sp³-hybridized carbons (Fsp3) is 0.917. The normalized spacial score (nSPS) is 25.6. The predicted octanol–water partition coefficient (Wildman–Crippen LogP) is 0.215.